The summed E-state index contributed by atoms with van der Waals surface area (Å²) in [5.74, 6) is 1.54. The summed E-state index contributed by atoms with van der Waals surface area (Å²) in [7, 11) is 0. The minimum Gasteiger partial charge on any atom is -0.464 e. The molecule has 0 radical (unpaired) electrons. The average molecular weight is 319 g/mol. The Balaban J connectivity index is 1.62. The van der Waals surface area contributed by atoms with Crippen molar-refractivity contribution in [3.8, 4) is 12.3 Å². The summed E-state index contributed by atoms with van der Waals surface area (Å²) in [5, 5.41) is 10.6. The van der Waals surface area contributed by atoms with Gasteiger partial charge in [-0.25, -0.2) is 4.79 Å². The first-order chi connectivity index (χ1) is 11.0. The largest absolute Gasteiger partial charge is 0.464 e. The summed E-state index contributed by atoms with van der Waals surface area (Å²) >= 11 is 0. The van der Waals surface area contributed by atoms with E-state index in [1.165, 1.54) is 0 Å². The molecular formula is C16H21N3O4. The lowest BCUT2D eigenvalue weighted by atomic mass is 9.98. The van der Waals surface area contributed by atoms with Crippen molar-refractivity contribution < 1.29 is 19.1 Å². The predicted octanol–water partition coefficient (Wildman–Crippen LogP) is 1.51. The molecule has 124 valence electrons. The number of Topliss-reactive ketones (excluding diaryl/α,β-unsaturated/α-hetero) is 1. The molecule has 0 bridgehead atoms. The molecule has 0 unspecified atom stereocenters. The molecule has 0 spiro atoms. The number of ether oxygens (including phenoxy) is 1. The third kappa shape index (κ3) is 5.47. The third-order valence-corrected chi connectivity index (χ3v) is 3.96. The maximum absolute atomic E-state index is 11.9. The molecule has 1 atom stereocenters. The van der Waals surface area contributed by atoms with Crippen LogP contribution in [-0.2, 0) is 19.1 Å². The van der Waals surface area contributed by atoms with Gasteiger partial charge < -0.3 is 10.1 Å². The van der Waals surface area contributed by atoms with Crippen LogP contribution in [-0.4, -0.2) is 36.0 Å². The summed E-state index contributed by atoms with van der Waals surface area (Å²) < 4.78 is 4.75. The zero-order valence-electron chi connectivity index (χ0n) is 13.0. The van der Waals surface area contributed by atoms with E-state index in [4.69, 9.17) is 11.2 Å². The van der Waals surface area contributed by atoms with Crippen LogP contribution >= 0.6 is 0 Å². The molecule has 7 heteroatoms. The lowest BCUT2D eigenvalue weighted by molar-refractivity contribution is -0.142. The number of unbranched alkanes of at least 4 members (excludes halogenated alkanes) is 2. The Morgan fingerprint density at radius 3 is 2.74 bits per heavy atom. The second-order valence-corrected chi connectivity index (χ2v) is 5.89. The summed E-state index contributed by atoms with van der Waals surface area (Å²) in [4.78, 5) is 34.9. The van der Waals surface area contributed by atoms with E-state index in [1.54, 1.807) is 0 Å². The fourth-order valence-electron chi connectivity index (χ4n) is 2.51. The maximum atomic E-state index is 11.9. The van der Waals surface area contributed by atoms with Gasteiger partial charge in [0, 0.05) is 25.7 Å². The lowest BCUT2D eigenvalue weighted by Gasteiger charge is -2.10. The van der Waals surface area contributed by atoms with E-state index in [9.17, 15) is 14.4 Å². The number of carbonyl (C=O) groups is 3. The van der Waals surface area contributed by atoms with E-state index in [2.05, 4.69) is 21.5 Å². The van der Waals surface area contributed by atoms with Crippen LogP contribution in [0.25, 0.3) is 0 Å². The molecule has 0 aromatic heterocycles. The van der Waals surface area contributed by atoms with Crippen molar-refractivity contribution in [2.24, 2.45) is 10.2 Å². The van der Waals surface area contributed by atoms with Gasteiger partial charge in [0.2, 0.25) is 5.91 Å². The van der Waals surface area contributed by atoms with Crippen molar-refractivity contribution in [2.75, 3.05) is 6.61 Å². The Hall–Kier alpha value is -2.23. The topological polar surface area (TPSA) is 97.2 Å². The molecule has 0 aromatic carbocycles. The Morgan fingerprint density at radius 2 is 2.13 bits per heavy atom. The fourth-order valence-corrected chi connectivity index (χ4v) is 2.51. The van der Waals surface area contributed by atoms with Crippen LogP contribution in [0.2, 0.25) is 0 Å². The number of carbonyl (C=O) groups excluding carboxylic acids is 3. The molecule has 2 rings (SSSR count). The van der Waals surface area contributed by atoms with Crippen molar-refractivity contribution in [2.45, 2.75) is 63.1 Å². The van der Waals surface area contributed by atoms with E-state index in [0.29, 0.717) is 19.4 Å². The molecule has 1 fully saturated rings. The van der Waals surface area contributed by atoms with Crippen molar-refractivity contribution in [3.63, 3.8) is 0 Å². The van der Waals surface area contributed by atoms with Crippen LogP contribution in [0.5, 0.6) is 0 Å². The average Bonchev–Trinajstić information content (AvgIpc) is 3.18. The first-order valence-electron chi connectivity index (χ1n) is 7.90. The van der Waals surface area contributed by atoms with Gasteiger partial charge in [0.15, 0.2) is 5.66 Å². The fraction of sp³-hybridized carbons (Fsp3) is 0.688. The van der Waals surface area contributed by atoms with Gasteiger partial charge >= 0.3 is 5.97 Å². The highest BCUT2D eigenvalue weighted by molar-refractivity contribution is 5.99. The van der Waals surface area contributed by atoms with Crippen molar-refractivity contribution in [1.82, 2.24) is 5.32 Å². The predicted molar refractivity (Wildman–Crippen MR) is 81.3 cm³/mol. The van der Waals surface area contributed by atoms with Crippen molar-refractivity contribution >= 4 is 17.7 Å². The molecular weight excluding hydrogens is 298 g/mol. The van der Waals surface area contributed by atoms with Crippen LogP contribution < -0.4 is 5.32 Å². The first-order valence-corrected chi connectivity index (χ1v) is 7.90. The number of terminal acetylenes is 1. The third-order valence-electron chi connectivity index (χ3n) is 3.96. The molecule has 1 amide bonds. The molecule has 0 saturated carbocycles. The number of nitrogens with one attached hydrogen (secondary N) is 1. The molecule has 2 heterocycles. The van der Waals surface area contributed by atoms with E-state index < -0.39 is 23.6 Å². The van der Waals surface area contributed by atoms with Crippen LogP contribution in [0.1, 0.15) is 51.4 Å². The van der Waals surface area contributed by atoms with Crippen LogP contribution in [0.3, 0.4) is 0 Å². The van der Waals surface area contributed by atoms with Crippen LogP contribution in [0.15, 0.2) is 10.2 Å². The summed E-state index contributed by atoms with van der Waals surface area (Å²) in [6.07, 6.45) is 9.59. The number of ketones is 1. The number of nitrogens with zero attached hydrogens (tertiary/aromatic N) is 2. The zero-order valence-corrected chi connectivity index (χ0v) is 13.0. The number of hydrogen-bond donors (Lipinski definition) is 1. The second-order valence-electron chi connectivity index (χ2n) is 5.89. The Labute approximate surface area is 135 Å². The van der Waals surface area contributed by atoms with Gasteiger partial charge in [-0.15, -0.1) is 12.3 Å². The monoisotopic (exact) mass is 319 g/mol. The smallest absolute Gasteiger partial charge is 0.328 e. The Kier molecular flexibility index (Phi) is 5.85. The van der Waals surface area contributed by atoms with Gasteiger partial charge in [-0.2, -0.15) is 10.2 Å². The van der Waals surface area contributed by atoms with Crippen molar-refractivity contribution in [1.29, 1.82) is 0 Å². The van der Waals surface area contributed by atoms with Crippen LogP contribution in [0.4, 0.5) is 0 Å². The SMILES string of the molecule is C#CCCCCC1(CCC(=O)CC(=O)N[C@H]2CCOC2=O)N=N1. The number of esters is 1. The zero-order chi connectivity index (χ0) is 16.7. The summed E-state index contributed by atoms with van der Waals surface area (Å²) in [6, 6.07) is -0.619. The van der Waals surface area contributed by atoms with E-state index in [1.807, 2.05) is 0 Å². The maximum Gasteiger partial charge on any atom is 0.328 e. The van der Waals surface area contributed by atoms with Gasteiger partial charge in [0.1, 0.15) is 11.8 Å². The highest BCUT2D eigenvalue weighted by Crippen LogP contribution is 2.38. The second kappa shape index (κ2) is 7.86. The Morgan fingerprint density at radius 1 is 1.35 bits per heavy atom. The standard InChI is InChI=1S/C16H21N3O4/c1-2-3-4-5-8-16(18-19-16)9-6-12(20)11-14(21)17-13-7-10-23-15(13)22/h1,13H,3-11H2,(H,17,21)/t13-/m0/s1. The van der Waals surface area contributed by atoms with Gasteiger partial charge in [0.25, 0.3) is 0 Å². The lowest BCUT2D eigenvalue weighted by Crippen LogP contribution is -2.38. The van der Waals surface area contributed by atoms with E-state index >= 15 is 0 Å². The number of amides is 1. The van der Waals surface area contributed by atoms with Gasteiger partial charge in [-0.1, -0.05) is 0 Å². The van der Waals surface area contributed by atoms with Gasteiger partial charge in [0.05, 0.1) is 13.0 Å². The van der Waals surface area contributed by atoms with Gasteiger partial charge in [-0.05, 0) is 19.3 Å². The quantitative estimate of drug-likeness (QED) is 0.286. The summed E-state index contributed by atoms with van der Waals surface area (Å²) in [5.41, 5.74) is -0.435. The van der Waals surface area contributed by atoms with Crippen molar-refractivity contribution in [3.05, 3.63) is 0 Å². The molecule has 23 heavy (non-hydrogen) atoms. The number of hydrogen-bond acceptors (Lipinski definition) is 6. The minimum absolute atomic E-state index is 0.172. The molecule has 2 aliphatic rings. The molecule has 0 aliphatic carbocycles. The molecule has 0 aromatic rings. The van der Waals surface area contributed by atoms with E-state index in [-0.39, 0.29) is 18.6 Å². The van der Waals surface area contributed by atoms with Gasteiger partial charge in [-0.3, -0.25) is 9.59 Å². The molecule has 1 saturated heterocycles. The number of rotatable bonds is 10. The highest BCUT2D eigenvalue weighted by atomic mass is 16.5. The highest BCUT2D eigenvalue weighted by Gasteiger charge is 2.39. The van der Waals surface area contributed by atoms with Crippen LogP contribution in [0, 0.1) is 12.3 Å². The first kappa shape index (κ1) is 17.1. The molecule has 2 aliphatic heterocycles. The molecule has 1 N–H and O–H groups in total. The molecule has 7 nitrogen and oxygen atoms in total. The summed E-state index contributed by atoms with van der Waals surface area (Å²) in [6.45, 7) is 0.308. The van der Waals surface area contributed by atoms with E-state index in [0.717, 1.165) is 25.7 Å². The Bertz CT molecular complexity index is 544. The minimum atomic E-state index is -0.619. The number of cyclic esters (lactones) is 1. The normalized spacial score (nSPS) is 20.7.